The highest BCUT2D eigenvalue weighted by Gasteiger charge is 2.22. The standard InChI is InChI=1S/C52H39N5O/c1-52(2,3)37-27-28-53-50(30-37)56-44-26-25-36(34-15-6-4-7-16-34)29-41(44)42-32-40(35-17-8-5-9-18-35)49(33-48(42)56)58-39-20-14-19-38(31-39)55-46-23-12-13-24-47(46)57-45-22-11-10-21-43(45)54-51(55)57/h4-33H,1-3H3. The Bertz CT molecular complexity index is 3350. The fourth-order valence-corrected chi connectivity index (χ4v) is 8.46. The van der Waals surface area contributed by atoms with Gasteiger partial charge in [-0.2, -0.15) is 0 Å². The van der Waals surface area contributed by atoms with Crippen LogP contribution in [0.25, 0.3) is 83.4 Å². The summed E-state index contributed by atoms with van der Waals surface area (Å²) < 4.78 is 13.8. The summed E-state index contributed by atoms with van der Waals surface area (Å²) in [5.74, 6) is 3.21. The Hall–Kier alpha value is -7.44. The van der Waals surface area contributed by atoms with Gasteiger partial charge in [0.15, 0.2) is 0 Å². The predicted octanol–water partition coefficient (Wildman–Crippen LogP) is 13.3. The van der Waals surface area contributed by atoms with Crippen LogP contribution in [0.5, 0.6) is 11.5 Å². The Kier molecular flexibility index (Phi) is 7.63. The van der Waals surface area contributed by atoms with Gasteiger partial charge < -0.3 is 4.74 Å². The second-order valence-corrected chi connectivity index (χ2v) is 16.0. The van der Waals surface area contributed by atoms with Gasteiger partial charge in [-0.05, 0) is 94.4 Å². The molecule has 0 spiro atoms. The Labute approximate surface area is 335 Å². The third kappa shape index (κ3) is 5.48. The fraction of sp³-hybridized carbons (Fsp3) is 0.0769. The van der Waals surface area contributed by atoms with E-state index in [2.05, 4.69) is 198 Å². The molecule has 0 aliphatic rings. The molecule has 11 rings (SSSR count). The molecule has 0 saturated carbocycles. The lowest BCUT2D eigenvalue weighted by Gasteiger charge is -2.20. The molecule has 0 aliphatic carbocycles. The Morgan fingerprint density at radius 2 is 1.21 bits per heavy atom. The minimum Gasteiger partial charge on any atom is -0.457 e. The highest BCUT2D eigenvalue weighted by atomic mass is 16.5. The molecule has 0 unspecified atom stereocenters. The van der Waals surface area contributed by atoms with E-state index >= 15 is 0 Å². The van der Waals surface area contributed by atoms with Crippen LogP contribution in [-0.2, 0) is 5.41 Å². The topological polar surface area (TPSA) is 49.3 Å². The van der Waals surface area contributed by atoms with Gasteiger partial charge in [0.2, 0.25) is 5.78 Å². The number of hydrogen-bond acceptors (Lipinski definition) is 3. The molecule has 0 aliphatic heterocycles. The molecule has 6 heteroatoms. The van der Waals surface area contributed by atoms with E-state index in [0.29, 0.717) is 0 Å². The van der Waals surface area contributed by atoms with Gasteiger partial charge in [0.05, 0.1) is 38.8 Å². The number of rotatable bonds is 6. The SMILES string of the molecule is CC(C)(C)c1ccnc(-n2c3ccc(-c4ccccc4)cc3c3cc(-c4ccccc4)c(Oc4cccc(-n5c6ccccc6n6c7ccccc7nc56)c4)cc32)c1. The maximum atomic E-state index is 7.08. The van der Waals surface area contributed by atoms with Crippen molar-refractivity contribution in [1.29, 1.82) is 0 Å². The molecular weight excluding hydrogens is 711 g/mol. The van der Waals surface area contributed by atoms with Crippen molar-refractivity contribution < 1.29 is 4.74 Å². The molecule has 0 radical (unpaired) electrons. The van der Waals surface area contributed by atoms with Crippen LogP contribution in [0.3, 0.4) is 0 Å². The number of imidazole rings is 2. The smallest absolute Gasteiger partial charge is 0.220 e. The lowest BCUT2D eigenvalue weighted by Crippen LogP contribution is -2.12. The van der Waals surface area contributed by atoms with Crippen LogP contribution in [0.1, 0.15) is 26.3 Å². The Morgan fingerprint density at radius 3 is 2.00 bits per heavy atom. The Balaban J connectivity index is 1.13. The van der Waals surface area contributed by atoms with Gasteiger partial charge in [-0.25, -0.2) is 9.97 Å². The van der Waals surface area contributed by atoms with Crippen molar-refractivity contribution in [2.75, 3.05) is 0 Å². The van der Waals surface area contributed by atoms with E-state index in [4.69, 9.17) is 14.7 Å². The molecule has 58 heavy (non-hydrogen) atoms. The predicted molar refractivity (Wildman–Crippen MR) is 238 cm³/mol. The molecule has 278 valence electrons. The third-order valence-electron chi connectivity index (χ3n) is 11.3. The van der Waals surface area contributed by atoms with Crippen molar-refractivity contribution in [2.45, 2.75) is 26.2 Å². The van der Waals surface area contributed by atoms with Crippen LogP contribution in [-0.4, -0.2) is 23.5 Å². The largest absolute Gasteiger partial charge is 0.457 e. The summed E-state index contributed by atoms with van der Waals surface area (Å²) in [4.78, 5) is 10.1. The summed E-state index contributed by atoms with van der Waals surface area (Å²) in [7, 11) is 0. The second kappa shape index (κ2) is 13.1. The van der Waals surface area contributed by atoms with Crippen molar-refractivity contribution in [3.8, 4) is 45.3 Å². The number of benzene rings is 7. The average molecular weight is 750 g/mol. The van der Waals surface area contributed by atoms with E-state index in [1.807, 2.05) is 18.3 Å². The second-order valence-electron chi connectivity index (χ2n) is 16.0. The van der Waals surface area contributed by atoms with E-state index in [9.17, 15) is 0 Å². The number of ether oxygens (including phenoxy) is 1. The highest BCUT2D eigenvalue weighted by molar-refractivity contribution is 6.12. The lowest BCUT2D eigenvalue weighted by atomic mass is 9.88. The van der Waals surface area contributed by atoms with Crippen LogP contribution in [0.4, 0.5) is 0 Å². The first-order valence-electron chi connectivity index (χ1n) is 19.7. The molecule has 0 fully saturated rings. The van der Waals surface area contributed by atoms with Crippen LogP contribution in [0.2, 0.25) is 0 Å². The van der Waals surface area contributed by atoms with Crippen molar-refractivity contribution in [2.24, 2.45) is 0 Å². The zero-order valence-corrected chi connectivity index (χ0v) is 32.5. The minimum absolute atomic E-state index is 0.0452. The average Bonchev–Trinajstić information content (AvgIpc) is 3.90. The number of aromatic nitrogens is 5. The quantitative estimate of drug-likeness (QED) is 0.170. The number of hydrogen-bond donors (Lipinski definition) is 0. The van der Waals surface area contributed by atoms with E-state index in [0.717, 1.165) is 83.8 Å². The van der Waals surface area contributed by atoms with Gasteiger partial charge in [0, 0.05) is 34.7 Å². The summed E-state index contributed by atoms with van der Waals surface area (Å²) in [6, 6.07) is 61.8. The Morgan fingerprint density at radius 1 is 0.500 bits per heavy atom. The van der Waals surface area contributed by atoms with Crippen LogP contribution < -0.4 is 4.74 Å². The molecule has 7 aromatic carbocycles. The van der Waals surface area contributed by atoms with Gasteiger partial charge >= 0.3 is 0 Å². The van der Waals surface area contributed by atoms with Crippen LogP contribution in [0, 0.1) is 0 Å². The molecule has 11 aromatic rings. The highest BCUT2D eigenvalue weighted by Crippen LogP contribution is 2.43. The molecule has 0 bridgehead atoms. The van der Waals surface area contributed by atoms with Crippen LogP contribution >= 0.6 is 0 Å². The van der Waals surface area contributed by atoms with Crippen LogP contribution in [0.15, 0.2) is 182 Å². The summed E-state index contributed by atoms with van der Waals surface area (Å²) in [6.45, 7) is 6.73. The fourth-order valence-electron chi connectivity index (χ4n) is 8.46. The van der Waals surface area contributed by atoms with E-state index in [1.54, 1.807) is 0 Å². The normalized spacial score (nSPS) is 12.1. The van der Waals surface area contributed by atoms with Gasteiger partial charge in [0.1, 0.15) is 17.3 Å². The molecule has 0 amide bonds. The first-order chi connectivity index (χ1) is 28.4. The summed E-state index contributed by atoms with van der Waals surface area (Å²) >= 11 is 0. The van der Waals surface area contributed by atoms with Crippen molar-refractivity contribution in [1.82, 2.24) is 23.5 Å². The molecule has 0 atom stereocenters. The zero-order chi connectivity index (χ0) is 39.0. The zero-order valence-electron chi connectivity index (χ0n) is 32.5. The number of fused-ring (bicyclic) bond motifs is 8. The molecular formula is C52H39N5O. The molecule has 0 saturated heterocycles. The summed E-state index contributed by atoms with van der Waals surface area (Å²) in [5, 5.41) is 2.28. The molecule has 4 aromatic heterocycles. The van der Waals surface area contributed by atoms with Crippen molar-refractivity contribution in [3.05, 3.63) is 188 Å². The summed E-state index contributed by atoms with van der Waals surface area (Å²) in [5.41, 5.74) is 12.9. The summed E-state index contributed by atoms with van der Waals surface area (Å²) in [6.07, 6.45) is 1.93. The maximum absolute atomic E-state index is 7.08. The lowest BCUT2D eigenvalue weighted by molar-refractivity contribution is 0.485. The third-order valence-corrected chi connectivity index (χ3v) is 11.3. The monoisotopic (exact) mass is 749 g/mol. The number of para-hydroxylation sites is 4. The number of nitrogens with zero attached hydrogens (tertiary/aromatic N) is 5. The van der Waals surface area contributed by atoms with Gasteiger partial charge in [-0.1, -0.05) is 118 Å². The molecule has 6 nitrogen and oxygen atoms in total. The molecule has 0 N–H and O–H groups in total. The first-order valence-corrected chi connectivity index (χ1v) is 19.7. The van der Waals surface area contributed by atoms with Gasteiger partial charge in [-0.3, -0.25) is 13.5 Å². The maximum Gasteiger partial charge on any atom is 0.220 e. The molecule has 4 heterocycles. The van der Waals surface area contributed by atoms with Gasteiger partial charge in [-0.15, -0.1) is 0 Å². The van der Waals surface area contributed by atoms with Crippen molar-refractivity contribution in [3.63, 3.8) is 0 Å². The first kappa shape index (κ1) is 33.9. The van der Waals surface area contributed by atoms with E-state index in [1.165, 1.54) is 16.7 Å². The van der Waals surface area contributed by atoms with Gasteiger partial charge in [0.25, 0.3) is 0 Å². The van der Waals surface area contributed by atoms with E-state index < -0.39 is 0 Å². The van der Waals surface area contributed by atoms with E-state index in [-0.39, 0.29) is 5.41 Å². The number of pyridine rings is 1. The minimum atomic E-state index is -0.0452. The van der Waals surface area contributed by atoms with Crippen molar-refractivity contribution >= 4 is 49.7 Å².